The van der Waals surface area contributed by atoms with Crippen LogP contribution in [0.15, 0.2) is 4.99 Å². The van der Waals surface area contributed by atoms with E-state index in [-0.39, 0.29) is 24.0 Å². The molecule has 2 N–H and O–H groups in total. The molecule has 0 fully saturated rings. The number of nitrogens with zero attached hydrogens (tertiary/aromatic N) is 1. The van der Waals surface area contributed by atoms with Gasteiger partial charge in [0.2, 0.25) is 0 Å². The maximum absolute atomic E-state index is 4.56. The Bertz CT molecular complexity index is 189. The third-order valence-corrected chi connectivity index (χ3v) is 3.28. The van der Waals surface area contributed by atoms with Crippen LogP contribution >= 0.6 is 35.7 Å². The lowest BCUT2D eigenvalue weighted by Crippen LogP contribution is -2.38. The van der Waals surface area contributed by atoms with E-state index in [1.807, 2.05) is 11.8 Å². The van der Waals surface area contributed by atoms with Crippen molar-refractivity contribution in [3.8, 4) is 0 Å². The zero-order chi connectivity index (χ0) is 12.2. The van der Waals surface area contributed by atoms with E-state index in [0.29, 0.717) is 5.25 Å². The molecule has 0 aromatic rings. The Morgan fingerprint density at radius 3 is 2.47 bits per heavy atom. The van der Waals surface area contributed by atoms with E-state index in [9.17, 15) is 0 Å². The summed E-state index contributed by atoms with van der Waals surface area (Å²) >= 11 is 1.85. The summed E-state index contributed by atoms with van der Waals surface area (Å²) in [5.74, 6) is 0.958. The van der Waals surface area contributed by atoms with Gasteiger partial charge in [0.25, 0.3) is 0 Å². The van der Waals surface area contributed by atoms with E-state index in [1.165, 1.54) is 19.3 Å². The number of rotatable bonds is 8. The zero-order valence-electron chi connectivity index (χ0n) is 11.6. The van der Waals surface area contributed by atoms with E-state index in [0.717, 1.165) is 25.6 Å². The summed E-state index contributed by atoms with van der Waals surface area (Å²) in [6, 6.07) is 0. The highest BCUT2D eigenvalue weighted by Gasteiger charge is 1.99. The first-order valence-electron chi connectivity index (χ1n) is 6.29. The first-order valence-corrected chi connectivity index (χ1v) is 7.58. The molecular formula is C12H28IN3S. The molecule has 3 nitrogen and oxygen atoms in total. The number of nitrogens with one attached hydrogen (secondary N) is 2. The minimum atomic E-state index is 0. The van der Waals surface area contributed by atoms with E-state index in [2.05, 4.69) is 42.7 Å². The monoisotopic (exact) mass is 373 g/mol. The smallest absolute Gasteiger partial charge is 0.191 e. The number of aliphatic imine (C=N–C) groups is 1. The third-order valence-electron chi connectivity index (χ3n) is 2.33. The van der Waals surface area contributed by atoms with Crippen molar-refractivity contribution in [1.82, 2.24) is 10.6 Å². The third kappa shape index (κ3) is 12.6. The number of thioether (sulfide) groups is 1. The highest BCUT2D eigenvalue weighted by molar-refractivity contribution is 14.0. The standard InChI is InChI=1S/C12H27N3S.HI/c1-5-7-8-9-14-12(13-6-2)15-10-11(3)16-4;/h11H,5-10H2,1-4H3,(H2,13,14,15);1H. The molecule has 0 rings (SSSR count). The molecule has 1 unspecified atom stereocenters. The Kier molecular flexibility index (Phi) is 16.7. The van der Waals surface area contributed by atoms with Crippen molar-refractivity contribution >= 4 is 41.7 Å². The summed E-state index contributed by atoms with van der Waals surface area (Å²) in [7, 11) is 0. The van der Waals surface area contributed by atoms with Crippen LogP contribution in [0, 0.1) is 0 Å². The molecule has 0 radical (unpaired) electrons. The van der Waals surface area contributed by atoms with Gasteiger partial charge >= 0.3 is 0 Å². The summed E-state index contributed by atoms with van der Waals surface area (Å²) < 4.78 is 0. The SMILES string of the molecule is CCCCCNC(=NCC(C)SC)NCC.I. The van der Waals surface area contributed by atoms with Crippen molar-refractivity contribution in [1.29, 1.82) is 0 Å². The van der Waals surface area contributed by atoms with Gasteiger partial charge in [0, 0.05) is 18.3 Å². The van der Waals surface area contributed by atoms with Crippen LogP contribution in [-0.2, 0) is 0 Å². The predicted octanol–water partition coefficient (Wildman–Crippen LogP) is 3.10. The number of unbranched alkanes of at least 4 members (excludes halogenated alkanes) is 2. The number of halogens is 1. The van der Waals surface area contributed by atoms with E-state index < -0.39 is 0 Å². The quantitative estimate of drug-likeness (QED) is 0.297. The van der Waals surface area contributed by atoms with Crippen molar-refractivity contribution in [3.63, 3.8) is 0 Å². The van der Waals surface area contributed by atoms with Crippen molar-refractivity contribution in [2.24, 2.45) is 4.99 Å². The van der Waals surface area contributed by atoms with Crippen molar-refractivity contribution < 1.29 is 0 Å². The van der Waals surface area contributed by atoms with Crippen molar-refractivity contribution in [3.05, 3.63) is 0 Å². The van der Waals surface area contributed by atoms with E-state index in [1.54, 1.807) is 0 Å². The lowest BCUT2D eigenvalue weighted by Gasteiger charge is -2.12. The molecule has 104 valence electrons. The van der Waals surface area contributed by atoms with Gasteiger partial charge in [-0.25, -0.2) is 0 Å². The van der Waals surface area contributed by atoms with E-state index in [4.69, 9.17) is 0 Å². The Morgan fingerprint density at radius 2 is 1.94 bits per heavy atom. The first-order chi connectivity index (χ1) is 7.74. The Hall–Kier alpha value is 0.350. The zero-order valence-corrected chi connectivity index (χ0v) is 14.7. The fourth-order valence-corrected chi connectivity index (χ4v) is 1.44. The molecule has 5 heteroatoms. The first kappa shape index (κ1) is 19.7. The molecule has 0 aromatic heterocycles. The molecular weight excluding hydrogens is 345 g/mol. The summed E-state index contributed by atoms with van der Waals surface area (Å²) in [5.41, 5.74) is 0. The normalized spacial score (nSPS) is 12.8. The van der Waals surface area contributed by atoms with Crippen LogP contribution in [0.3, 0.4) is 0 Å². The molecule has 0 aromatic carbocycles. The van der Waals surface area contributed by atoms with Gasteiger partial charge in [0.05, 0.1) is 6.54 Å². The summed E-state index contributed by atoms with van der Waals surface area (Å²) in [6.45, 7) is 9.35. The molecule has 0 spiro atoms. The Morgan fingerprint density at radius 1 is 1.24 bits per heavy atom. The lowest BCUT2D eigenvalue weighted by molar-refractivity contribution is 0.683. The molecule has 0 aliphatic carbocycles. The van der Waals surface area contributed by atoms with Gasteiger partial charge in [-0.3, -0.25) is 4.99 Å². The number of hydrogen-bond acceptors (Lipinski definition) is 2. The average Bonchev–Trinajstić information content (AvgIpc) is 2.30. The molecule has 0 saturated carbocycles. The highest BCUT2D eigenvalue weighted by Crippen LogP contribution is 2.04. The van der Waals surface area contributed by atoms with Crippen LogP contribution in [0.25, 0.3) is 0 Å². The lowest BCUT2D eigenvalue weighted by atomic mass is 10.2. The average molecular weight is 373 g/mol. The number of guanidine groups is 1. The second kappa shape index (κ2) is 14.4. The minimum Gasteiger partial charge on any atom is -0.357 e. The van der Waals surface area contributed by atoms with Gasteiger partial charge in [0.1, 0.15) is 0 Å². The molecule has 0 bridgehead atoms. The van der Waals surface area contributed by atoms with Gasteiger partial charge in [-0.2, -0.15) is 11.8 Å². The number of hydrogen-bond donors (Lipinski definition) is 2. The van der Waals surface area contributed by atoms with Crippen LogP contribution < -0.4 is 10.6 Å². The van der Waals surface area contributed by atoms with Crippen LogP contribution in [0.2, 0.25) is 0 Å². The van der Waals surface area contributed by atoms with Crippen LogP contribution in [0.5, 0.6) is 0 Å². The summed E-state index contributed by atoms with van der Waals surface area (Å²) in [6.07, 6.45) is 5.90. The minimum absolute atomic E-state index is 0. The molecule has 1 atom stereocenters. The van der Waals surface area contributed by atoms with Gasteiger partial charge in [-0.05, 0) is 19.6 Å². The largest absolute Gasteiger partial charge is 0.357 e. The van der Waals surface area contributed by atoms with E-state index >= 15 is 0 Å². The highest BCUT2D eigenvalue weighted by atomic mass is 127. The van der Waals surface area contributed by atoms with Gasteiger partial charge < -0.3 is 10.6 Å². The molecule has 0 heterocycles. The Balaban J connectivity index is 0. The molecule has 0 aliphatic rings. The van der Waals surface area contributed by atoms with Gasteiger partial charge in [0.15, 0.2) is 5.96 Å². The fourth-order valence-electron chi connectivity index (χ4n) is 1.22. The van der Waals surface area contributed by atoms with Crippen molar-refractivity contribution in [2.75, 3.05) is 25.9 Å². The predicted molar refractivity (Wildman–Crippen MR) is 91.9 cm³/mol. The van der Waals surface area contributed by atoms with Crippen LogP contribution in [0.1, 0.15) is 40.0 Å². The second-order valence-electron chi connectivity index (χ2n) is 3.90. The van der Waals surface area contributed by atoms with Gasteiger partial charge in [-0.1, -0.05) is 26.7 Å². The molecule has 0 amide bonds. The van der Waals surface area contributed by atoms with Crippen LogP contribution in [0.4, 0.5) is 0 Å². The van der Waals surface area contributed by atoms with Crippen LogP contribution in [-0.4, -0.2) is 37.1 Å². The summed E-state index contributed by atoms with van der Waals surface area (Å²) in [5, 5.41) is 7.22. The molecule has 0 saturated heterocycles. The molecule has 0 aliphatic heterocycles. The maximum atomic E-state index is 4.56. The van der Waals surface area contributed by atoms with Gasteiger partial charge in [-0.15, -0.1) is 24.0 Å². The fraction of sp³-hybridized carbons (Fsp3) is 0.917. The molecule has 17 heavy (non-hydrogen) atoms. The summed E-state index contributed by atoms with van der Waals surface area (Å²) in [4.78, 5) is 4.56. The Labute approximate surface area is 128 Å². The maximum Gasteiger partial charge on any atom is 0.191 e. The second-order valence-corrected chi connectivity index (χ2v) is 5.18. The topological polar surface area (TPSA) is 36.4 Å². The van der Waals surface area contributed by atoms with Crippen molar-refractivity contribution in [2.45, 2.75) is 45.3 Å².